The van der Waals surface area contributed by atoms with Gasteiger partial charge in [0.15, 0.2) is 5.82 Å². The van der Waals surface area contributed by atoms with Crippen molar-refractivity contribution in [2.45, 2.75) is 19.3 Å². The Kier molecular flexibility index (Phi) is 6.20. The molecule has 8 aromatic rings. The van der Waals surface area contributed by atoms with Crippen molar-refractivity contribution < 1.29 is 0 Å². The molecular formula is C45H32N2. The van der Waals surface area contributed by atoms with Crippen LogP contribution >= 0.6 is 0 Å². The van der Waals surface area contributed by atoms with E-state index in [1.54, 1.807) is 0 Å². The summed E-state index contributed by atoms with van der Waals surface area (Å²) in [6.45, 7) is 4.71. The molecule has 0 amide bonds. The minimum absolute atomic E-state index is 0.0904. The van der Waals surface area contributed by atoms with Gasteiger partial charge in [0, 0.05) is 22.1 Å². The molecule has 1 aliphatic carbocycles. The van der Waals surface area contributed by atoms with E-state index in [-0.39, 0.29) is 5.41 Å². The number of fused-ring (bicyclic) bond motifs is 5. The maximum Gasteiger partial charge on any atom is 0.160 e. The lowest BCUT2D eigenvalue weighted by Gasteiger charge is -2.22. The molecule has 0 spiro atoms. The predicted octanol–water partition coefficient (Wildman–Crippen LogP) is 11.8. The molecule has 2 heteroatoms. The summed E-state index contributed by atoms with van der Waals surface area (Å²) >= 11 is 0. The van der Waals surface area contributed by atoms with Crippen molar-refractivity contribution in [1.29, 1.82) is 0 Å². The number of aromatic nitrogens is 2. The lowest BCUT2D eigenvalue weighted by molar-refractivity contribution is 0.661. The molecule has 0 saturated heterocycles. The quantitative estimate of drug-likeness (QED) is 0.201. The van der Waals surface area contributed by atoms with Crippen LogP contribution in [0.3, 0.4) is 0 Å². The van der Waals surface area contributed by atoms with Crippen LogP contribution in [0.2, 0.25) is 0 Å². The minimum Gasteiger partial charge on any atom is -0.228 e. The molecule has 0 unspecified atom stereocenters. The largest absolute Gasteiger partial charge is 0.228 e. The van der Waals surface area contributed by atoms with Gasteiger partial charge in [-0.2, -0.15) is 0 Å². The van der Waals surface area contributed by atoms with Gasteiger partial charge in [-0.15, -0.1) is 0 Å². The van der Waals surface area contributed by atoms with E-state index < -0.39 is 0 Å². The molecule has 0 saturated carbocycles. The van der Waals surface area contributed by atoms with Gasteiger partial charge < -0.3 is 0 Å². The summed E-state index contributed by atoms with van der Waals surface area (Å²) in [6.07, 6.45) is 0. The van der Waals surface area contributed by atoms with Crippen LogP contribution in [-0.4, -0.2) is 9.97 Å². The summed E-state index contributed by atoms with van der Waals surface area (Å²) in [5.74, 6) is 0.722. The molecule has 9 rings (SSSR count). The van der Waals surface area contributed by atoms with E-state index in [4.69, 9.17) is 9.97 Å². The van der Waals surface area contributed by atoms with Crippen LogP contribution in [0.15, 0.2) is 158 Å². The zero-order valence-corrected chi connectivity index (χ0v) is 26.4. The molecule has 0 bridgehead atoms. The highest BCUT2D eigenvalue weighted by Gasteiger charge is 2.37. The first-order valence-corrected chi connectivity index (χ1v) is 16.3. The summed E-state index contributed by atoms with van der Waals surface area (Å²) in [5.41, 5.74) is 12.8. The van der Waals surface area contributed by atoms with Gasteiger partial charge in [0.05, 0.1) is 11.4 Å². The Labute approximate surface area is 275 Å². The lowest BCUT2D eigenvalue weighted by Crippen LogP contribution is -2.14. The second-order valence-corrected chi connectivity index (χ2v) is 13.0. The minimum atomic E-state index is -0.0904. The average Bonchev–Trinajstić information content (AvgIpc) is 3.36. The molecule has 1 aliphatic rings. The Bertz CT molecular complexity index is 2490. The third-order valence-corrected chi connectivity index (χ3v) is 9.86. The summed E-state index contributed by atoms with van der Waals surface area (Å²) < 4.78 is 0. The first-order valence-electron chi connectivity index (χ1n) is 16.3. The van der Waals surface area contributed by atoms with Gasteiger partial charge in [0.1, 0.15) is 0 Å². The highest BCUT2D eigenvalue weighted by Crippen LogP contribution is 2.53. The number of hydrogen-bond donors (Lipinski definition) is 0. The van der Waals surface area contributed by atoms with Crippen molar-refractivity contribution in [1.82, 2.24) is 9.97 Å². The smallest absolute Gasteiger partial charge is 0.160 e. The SMILES string of the molecule is CC1(C)c2cc3ccccc3cc2-c2c(-c3cccc(-c4cc(-c5cccc6ccccc56)nc(-c5ccccc5)n4)c3)cccc21. The zero-order valence-electron chi connectivity index (χ0n) is 26.4. The molecular weight excluding hydrogens is 569 g/mol. The van der Waals surface area contributed by atoms with Crippen LogP contribution in [-0.2, 0) is 5.41 Å². The van der Waals surface area contributed by atoms with Crippen molar-refractivity contribution in [3.8, 4) is 56.2 Å². The van der Waals surface area contributed by atoms with E-state index in [0.717, 1.165) is 33.9 Å². The van der Waals surface area contributed by atoms with Crippen LogP contribution in [0.5, 0.6) is 0 Å². The number of hydrogen-bond acceptors (Lipinski definition) is 2. The highest BCUT2D eigenvalue weighted by atomic mass is 14.9. The molecule has 7 aromatic carbocycles. The maximum absolute atomic E-state index is 5.17. The standard InChI is InChI=1S/C45H32N2/c1-45(2)39-24-12-22-36(43(39)38-26-31-16-6-7-17-32(31)27-40(38)45)33-19-10-20-34(25-33)41-28-42(47-44(46-41)30-14-4-3-5-15-30)37-23-11-18-29-13-8-9-21-35(29)37/h3-28H,1-2H3. The third-order valence-electron chi connectivity index (χ3n) is 9.86. The summed E-state index contributed by atoms with van der Waals surface area (Å²) in [5, 5.41) is 4.94. The number of benzene rings is 7. The van der Waals surface area contributed by atoms with Crippen molar-refractivity contribution in [3.63, 3.8) is 0 Å². The van der Waals surface area contributed by atoms with E-state index in [9.17, 15) is 0 Å². The summed E-state index contributed by atoms with van der Waals surface area (Å²) in [7, 11) is 0. The lowest BCUT2D eigenvalue weighted by atomic mass is 9.81. The van der Waals surface area contributed by atoms with Gasteiger partial charge in [-0.3, -0.25) is 0 Å². The van der Waals surface area contributed by atoms with Crippen molar-refractivity contribution in [2.24, 2.45) is 0 Å². The van der Waals surface area contributed by atoms with Crippen LogP contribution < -0.4 is 0 Å². The van der Waals surface area contributed by atoms with Crippen LogP contribution in [0.4, 0.5) is 0 Å². The van der Waals surface area contributed by atoms with Gasteiger partial charge in [-0.25, -0.2) is 9.97 Å². The first kappa shape index (κ1) is 27.5. The van der Waals surface area contributed by atoms with Crippen LogP contribution in [0, 0.1) is 0 Å². The Morgan fingerprint density at radius 1 is 0.404 bits per heavy atom. The second kappa shape index (κ2) is 10.6. The molecule has 222 valence electrons. The van der Waals surface area contributed by atoms with Gasteiger partial charge in [-0.05, 0) is 79.2 Å². The van der Waals surface area contributed by atoms with E-state index in [0.29, 0.717) is 0 Å². The fourth-order valence-corrected chi connectivity index (χ4v) is 7.46. The van der Waals surface area contributed by atoms with Crippen LogP contribution in [0.1, 0.15) is 25.0 Å². The summed E-state index contributed by atoms with van der Waals surface area (Å²) in [4.78, 5) is 10.3. The van der Waals surface area contributed by atoms with Crippen molar-refractivity contribution in [3.05, 3.63) is 169 Å². The van der Waals surface area contributed by atoms with Gasteiger partial charge in [0.2, 0.25) is 0 Å². The second-order valence-electron chi connectivity index (χ2n) is 13.0. The molecule has 2 nitrogen and oxygen atoms in total. The monoisotopic (exact) mass is 600 g/mol. The maximum atomic E-state index is 5.17. The molecule has 0 aliphatic heterocycles. The van der Waals surface area contributed by atoms with Crippen molar-refractivity contribution >= 4 is 21.5 Å². The fourth-order valence-electron chi connectivity index (χ4n) is 7.46. The van der Waals surface area contributed by atoms with E-state index in [1.165, 1.54) is 54.9 Å². The molecule has 0 atom stereocenters. The molecule has 0 radical (unpaired) electrons. The molecule has 1 aromatic heterocycles. The molecule has 0 N–H and O–H groups in total. The normalized spacial score (nSPS) is 13.1. The Hall–Kier alpha value is -5.86. The topological polar surface area (TPSA) is 25.8 Å². The van der Waals surface area contributed by atoms with E-state index >= 15 is 0 Å². The van der Waals surface area contributed by atoms with Gasteiger partial charge in [0.25, 0.3) is 0 Å². The van der Waals surface area contributed by atoms with E-state index in [2.05, 4.69) is 153 Å². The molecule has 47 heavy (non-hydrogen) atoms. The molecule has 1 heterocycles. The Balaban J connectivity index is 1.23. The molecule has 0 fully saturated rings. The van der Waals surface area contributed by atoms with Gasteiger partial charge >= 0.3 is 0 Å². The average molecular weight is 601 g/mol. The number of nitrogens with zero attached hydrogens (tertiary/aromatic N) is 2. The number of rotatable bonds is 4. The summed E-state index contributed by atoms with van der Waals surface area (Å²) in [6, 6.07) is 56.5. The fraction of sp³-hybridized carbons (Fsp3) is 0.0667. The Morgan fingerprint density at radius 3 is 1.87 bits per heavy atom. The zero-order chi connectivity index (χ0) is 31.5. The van der Waals surface area contributed by atoms with Crippen LogP contribution in [0.25, 0.3) is 77.7 Å². The third kappa shape index (κ3) is 4.48. The van der Waals surface area contributed by atoms with E-state index in [1.807, 2.05) is 18.2 Å². The van der Waals surface area contributed by atoms with Gasteiger partial charge in [-0.1, -0.05) is 147 Å². The predicted molar refractivity (Wildman–Crippen MR) is 196 cm³/mol. The first-order chi connectivity index (χ1) is 23.0. The van der Waals surface area contributed by atoms with Crippen molar-refractivity contribution in [2.75, 3.05) is 0 Å². The highest BCUT2D eigenvalue weighted by molar-refractivity contribution is 5.99. The Morgan fingerprint density at radius 2 is 1.02 bits per heavy atom.